The number of carbonyl (C=O) groups is 3. The second-order valence-electron chi connectivity index (χ2n) is 5.41. The number of furan rings is 1. The number of Topliss-reactive ketones (excluding diaryl/α,β-unsaturated/α-hetero) is 2. The SMILES string of the molecule is COCCN1C(=O)C(=O)C(C(=O)c2ccco2)C1c1cccnc1. The van der Waals surface area contributed by atoms with Crippen molar-refractivity contribution in [2.24, 2.45) is 5.92 Å². The van der Waals surface area contributed by atoms with Crippen LogP contribution >= 0.6 is 0 Å². The highest BCUT2D eigenvalue weighted by molar-refractivity contribution is 6.43. The molecule has 1 saturated heterocycles. The zero-order chi connectivity index (χ0) is 17.1. The van der Waals surface area contributed by atoms with Gasteiger partial charge in [-0.05, 0) is 23.8 Å². The van der Waals surface area contributed by atoms with Gasteiger partial charge in [0.25, 0.3) is 5.91 Å². The molecule has 0 bridgehead atoms. The summed E-state index contributed by atoms with van der Waals surface area (Å²) >= 11 is 0. The minimum Gasteiger partial charge on any atom is -0.461 e. The van der Waals surface area contributed by atoms with Crippen molar-refractivity contribution in [3.63, 3.8) is 0 Å². The molecule has 1 aliphatic heterocycles. The molecule has 0 N–H and O–H groups in total. The first-order valence-corrected chi connectivity index (χ1v) is 7.46. The van der Waals surface area contributed by atoms with E-state index in [4.69, 9.17) is 9.15 Å². The first-order valence-electron chi connectivity index (χ1n) is 7.46. The summed E-state index contributed by atoms with van der Waals surface area (Å²) in [4.78, 5) is 43.0. The van der Waals surface area contributed by atoms with Crippen molar-refractivity contribution in [3.8, 4) is 0 Å². The number of methoxy groups -OCH3 is 1. The molecule has 124 valence electrons. The molecule has 1 fully saturated rings. The Bertz CT molecular complexity index is 742. The molecule has 7 nitrogen and oxygen atoms in total. The van der Waals surface area contributed by atoms with Crippen LogP contribution in [0.3, 0.4) is 0 Å². The summed E-state index contributed by atoms with van der Waals surface area (Å²) in [6.45, 7) is 0.472. The zero-order valence-electron chi connectivity index (χ0n) is 13.0. The van der Waals surface area contributed by atoms with Gasteiger partial charge in [0.1, 0.15) is 5.92 Å². The number of nitrogens with zero attached hydrogens (tertiary/aromatic N) is 2. The number of hydrogen-bond acceptors (Lipinski definition) is 6. The smallest absolute Gasteiger partial charge is 0.291 e. The minimum atomic E-state index is -1.15. The van der Waals surface area contributed by atoms with Crippen LogP contribution in [-0.4, -0.2) is 47.6 Å². The van der Waals surface area contributed by atoms with Crippen LogP contribution in [0.1, 0.15) is 22.2 Å². The van der Waals surface area contributed by atoms with E-state index in [1.807, 2.05) is 0 Å². The maximum atomic E-state index is 12.7. The minimum absolute atomic E-state index is 0.0589. The second-order valence-corrected chi connectivity index (χ2v) is 5.41. The fraction of sp³-hybridized carbons (Fsp3) is 0.294. The van der Waals surface area contributed by atoms with E-state index < -0.39 is 29.4 Å². The van der Waals surface area contributed by atoms with Crippen LogP contribution in [0, 0.1) is 5.92 Å². The molecule has 2 atom stereocenters. The third-order valence-electron chi connectivity index (χ3n) is 4.01. The van der Waals surface area contributed by atoms with Crippen molar-refractivity contribution >= 4 is 17.5 Å². The molecule has 7 heteroatoms. The Morgan fingerprint density at radius 1 is 1.33 bits per heavy atom. The molecule has 1 aliphatic rings. The van der Waals surface area contributed by atoms with Gasteiger partial charge in [-0.25, -0.2) is 0 Å². The maximum Gasteiger partial charge on any atom is 0.291 e. The van der Waals surface area contributed by atoms with E-state index in [2.05, 4.69) is 4.98 Å². The van der Waals surface area contributed by atoms with Crippen LogP contribution in [0.15, 0.2) is 47.3 Å². The highest BCUT2D eigenvalue weighted by atomic mass is 16.5. The number of ketones is 2. The van der Waals surface area contributed by atoms with Gasteiger partial charge < -0.3 is 14.1 Å². The van der Waals surface area contributed by atoms with E-state index in [9.17, 15) is 14.4 Å². The van der Waals surface area contributed by atoms with Gasteiger partial charge in [-0.1, -0.05) is 6.07 Å². The van der Waals surface area contributed by atoms with E-state index in [1.54, 1.807) is 30.6 Å². The lowest BCUT2D eigenvalue weighted by Crippen LogP contribution is -2.33. The van der Waals surface area contributed by atoms with Gasteiger partial charge in [-0.15, -0.1) is 0 Å². The van der Waals surface area contributed by atoms with Crippen LogP contribution in [-0.2, 0) is 14.3 Å². The largest absolute Gasteiger partial charge is 0.461 e. The van der Waals surface area contributed by atoms with Gasteiger partial charge in [0.05, 0.1) is 18.9 Å². The molecule has 0 spiro atoms. The quantitative estimate of drug-likeness (QED) is 0.451. The Kier molecular flexibility index (Phi) is 4.52. The van der Waals surface area contributed by atoms with E-state index in [1.165, 1.54) is 24.3 Å². The predicted octanol–water partition coefficient (Wildman–Crippen LogP) is 1.27. The number of amides is 1. The number of likely N-dealkylation sites (tertiary alicyclic amines) is 1. The van der Waals surface area contributed by atoms with E-state index >= 15 is 0 Å². The van der Waals surface area contributed by atoms with Crippen molar-refractivity contribution in [1.82, 2.24) is 9.88 Å². The Morgan fingerprint density at radius 3 is 2.79 bits per heavy atom. The van der Waals surface area contributed by atoms with Gasteiger partial charge in [-0.3, -0.25) is 19.4 Å². The van der Waals surface area contributed by atoms with Gasteiger partial charge in [0, 0.05) is 26.0 Å². The average molecular weight is 328 g/mol. The highest BCUT2D eigenvalue weighted by Gasteiger charge is 2.52. The first-order chi connectivity index (χ1) is 11.6. The van der Waals surface area contributed by atoms with E-state index in [0.717, 1.165) is 0 Å². The van der Waals surface area contributed by atoms with Gasteiger partial charge in [-0.2, -0.15) is 0 Å². The summed E-state index contributed by atoms with van der Waals surface area (Å²) in [5, 5.41) is 0. The first kappa shape index (κ1) is 16.1. The number of aromatic nitrogens is 1. The number of ether oxygens (including phenoxy) is 1. The second kappa shape index (κ2) is 6.76. The lowest BCUT2D eigenvalue weighted by atomic mass is 9.89. The molecule has 3 heterocycles. The number of hydrogen-bond donors (Lipinski definition) is 0. The average Bonchev–Trinajstić information content (AvgIpc) is 3.22. The molecular weight excluding hydrogens is 312 g/mol. The van der Waals surface area contributed by atoms with Crippen molar-refractivity contribution in [2.45, 2.75) is 6.04 Å². The standard InChI is InChI=1S/C17H16N2O5/c1-23-9-7-19-14(11-4-2-6-18-10-11)13(16(21)17(19)22)15(20)12-5-3-8-24-12/h2-6,8,10,13-14H,7,9H2,1H3. The van der Waals surface area contributed by atoms with Crippen molar-refractivity contribution < 1.29 is 23.5 Å². The molecule has 1 amide bonds. The summed E-state index contributed by atoms with van der Waals surface area (Å²) in [5.41, 5.74) is 0.623. The lowest BCUT2D eigenvalue weighted by molar-refractivity contribution is -0.141. The number of carbonyl (C=O) groups excluding carboxylic acids is 3. The molecule has 2 unspecified atom stereocenters. The maximum absolute atomic E-state index is 12.7. The Labute approximate surface area is 138 Å². The van der Waals surface area contributed by atoms with Crippen molar-refractivity contribution in [2.75, 3.05) is 20.3 Å². The van der Waals surface area contributed by atoms with Gasteiger partial charge >= 0.3 is 0 Å². The van der Waals surface area contributed by atoms with Crippen molar-refractivity contribution in [1.29, 1.82) is 0 Å². The fourth-order valence-electron chi connectivity index (χ4n) is 2.91. The van der Waals surface area contributed by atoms with Gasteiger partial charge in [0.2, 0.25) is 11.6 Å². The van der Waals surface area contributed by atoms with Crippen molar-refractivity contribution in [3.05, 3.63) is 54.2 Å². The fourth-order valence-corrected chi connectivity index (χ4v) is 2.91. The summed E-state index contributed by atoms with van der Waals surface area (Å²) in [6, 6.07) is 5.78. The molecule has 2 aromatic heterocycles. The molecule has 2 aromatic rings. The van der Waals surface area contributed by atoms with Crippen LogP contribution < -0.4 is 0 Å². The third kappa shape index (κ3) is 2.74. The Balaban J connectivity index is 2.02. The third-order valence-corrected chi connectivity index (χ3v) is 4.01. The monoisotopic (exact) mass is 328 g/mol. The van der Waals surface area contributed by atoms with Crippen LogP contribution in [0.5, 0.6) is 0 Å². The normalized spacial score (nSPS) is 20.6. The molecule has 24 heavy (non-hydrogen) atoms. The Morgan fingerprint density at radius 2 is 2.17 bits per heavy atom. The summed E-state index contributed by atoms with van der Waals surface area (Å²) in [6.07, 6.45) is 4.50. The molecule has 0 aliphatic carbocycles. The number of rotatable bonds is 6. The predicted molar refractivity (Wildman–Crippen MR) is 82.1 cm³/mol. The van der Waals surface area contributed by atoms with Gasteiger partial charge in [0.15, 0.2) is 5.76 Å². The zero-order valence-corrected chi connectivity index (χ0v) is 13.0. The molecule has 3 rings (SSSR count). The molecule has 0 aromatic carbocycles. The molecule has 0 saturated carbocycles. The number of pyridine rings is 1. The summed E-state index contributed by atoms with van der Waals surface area (Å²) in [5.74, 6) is -3.02. The summed E-state index contributed by atoms with van der Waals surface area (Å²) < 4.78 is 10.1. The highest BCUT2D eigenvalue weighted by Crippen LogP contribution is 2.37. The van der Waals surface area contributed by atoms with Crippen LogP contribution in [0.2, 0.25) is 0 Å². The summed E-state index contributed by atoms with van der Waals surface area (Å²) in [7, 11) is 1.51. The topological polar surface area (TPSA) is 89.7 Å². The van der Waals surface area contributed by atoms with E-state index in [-0.39, 0.29) is 18.9 Å². The lowest BCUT2D eigenvalue weighted by Gasteiger charge is -2.26. The van der Waals surface area contributed by atoms with Crippen LogP contribution in [0.25, 0.3) is 0 Å². The van der Waals surface area contributed by atoms with Crippen LogP contribution in [0.4, 0.5) is 0 Å². The molecule has 0 radical (unpaired) electrons. The Hall–Kier alpha value is -2.80. The molecular formula is C17H16N2O5. The van der Waals surface area contributed by atoms with E-state index in [0.29, 0.717) is 5.56 Å².